The fraction of sp³-hybridized carbons (Fsp3) is 0.444. The molecule has 27 heavy (non-hydrogen) atoms. The Balaban J connectivity index is 1.51. The molecule has 0 spiro atoms. The summed E-state index contributed by atoms with van der Waals surface area (Å²) < 4.78 is 5.17. The van der Waals surface area contributed by atoms with E-state index in [1.165, 1.54) is 18.7 Å². The molecule has 0 saturated carbocycles. The molecule has 0 unspecified atom stereocenters. The monoisotopic (exact) mass is 372 g/mol. The zero-order valence-electron chi connectivity index (χ0n) is 15.6. The number of aromatic nitrogens is 2. The molecule has 1 aliphatic heterocycles. The number of carbonyl (C=O) groups excluding carboxylic acids is 2. The van der Waals surface area contributed by atoms with Crippen LogP contribution in [-0.2, 0) is 0 Å². The van der Waals surface area contributed by atoms with E-state index in [9.17, 15) is 9.59 Å². The summed E-state index contributed by atoms with van der Waals surface area (Å²) in [6.45, 7) is 3.72. The van der Waals surface area contributed by atoms with Crippen molar-refractivity contribution in [2.75, 3.05) is 58.3 Å². The third kappa shape index (κ3) is 4.82. The molecule has 0 radical (unpaired) electrons. The number of carbonyl (C=O) groups is 2. The minimum Gasteiger partial charge on any atom is -0.459 e. The lowest BCUT2D eigenvalue weighted by Gasteiger charge is -2.34. The molecule has 9 nitrogen and oxygen atoms in total. The molecule has 0 bridgehead atoms. The molecule has 0 aromatic carbocycles. The van der Waals surface area contributed by atoms with Crippen molar-refractivity contribution in [1.29, 1.82) is 0 Å². The van der Waals surface area contributed by atoms with Gasteiger partial charge in [0.05, 0.1) is 11.8 Å². The first-order chi connectivity index (χ1) is 13.0. The van der Waals surface area contributed by atoms with Crippen LogP contribution in [0.3, 0.4) is 0 Å². The summed E-state index contributed by atoms with van der Waals surface area (Å²) in [7, 11) is 3.90. The van der Waals surface area contributed by atoms with Crippen molar-refractivity contribution in [3.63, 3.8) is 0 Å². The van der Waals surface area contributed by atoms with Crippen molar-refractivity contribution < 1.29 is 14.0 Å². The molecule has 3 heterocycles. The van der Waals surface area contributed by atoms with E-state index in [0.29, 0.717) is 50.0 Å². The molecule has 2 amide bonds. The average molecular weight is 372 g/mol. The van der Waals surface area contributed by atoms with Crippen molar-refractivity contribution in [3.8, 4) is 0 Å². The van der Waals surface area contributed by atoms with Gasteiger partial charge in [0.15, 0.2) is 5.76 Å². The average Bonchev–Trinajstić information content (AvgIpc) is 3.22. The van der Waals surface area contributed by atoms with Gasteiger partial charge in [-0.25, -0.2) is 9.97 Å². The van der Waals surface area contributed by atoms with Crippen molar-refractivity contribution in [2.45, 2.75) is 0 Å². The van der Waals surface area contributed by atoms with E-state index in [4.69, 9.17) is 4.42 Å². The highest BCUT2D eigenvalue weighted by molar-refractivity contribution is 5.93. The summed E-state index contributed by atoms with van der Waals surface area (Å²) in [4.78, 5) is 38.7. The van der Waals surface area contributed by atoms with Gasteiger partial charge >= 0.3 is 0 Å². The SMILES string of the molecule is CN(C)CCNC(=O)c1cnc(N2CCN(C(=O)c3ccco3)CC2)nc1. The quantitative estimate of drug-likeness (QED) is 0.780. The Morgan fingerprint density at radius 2 is 1.89 bits per heavy atom. The van der Waals surface area contributed by atoms with Gasteiger partial charge in [0.2, 0.25) is 5.95 Å². The first kappa shape index (κ1) is 18.8. The number of nitrogens with zero attached hydrogens (tertiary/aromatic N) is 5. The third-order valence-corrected chi connectivity index (χ3v) is 4.33. The largest absolute Gasteiger partial charge is 0.459 e. The Bertz CT molecular complexity index is 752. The number of piperazine rings is 1. The lowest BCUT2D eigenvalue weighted by atomic mass is 10.3. The van der Waals surface area contributed by atoms with E-state index in [-0.39, 0.29) is 11.8 Å². The van der Waals surface area contributed by atoms with Crippen molar-refractivity contribution in [3.05, 3.63) is 42.1 Å². The van der Waals surface area contributed by atoms with Crippen LogP contribution in [0, 0.1) is 0 Å². The molecule has 1 fully saturated rings. The predicted molar refractivity (Wildman–Crippen MR) is 99.7 cm³/mol. The molecule has 1 saturated heterocycles. The van der Waals surface area contributed by atoms with Gasteiger partial charge in [-0.1, -0.05) is 0 Å². The summed E-state index contributed by atoms with van der Waals surface area (Å²) in [5, 5.41) is 2.83. The molecule has 0 aliphatic carbocycles. The molecule has 1 aliphatic rings. The topological polar surface area (TPSA) is 94.8 Å². The summed E-state index contributed by atoms with van der Waals surface area (Å²) in [5.74, 6) is 0.622. The molecule has 9 heteroatoms. The number of amides is 2. The van der Waals surface area contributed by atoms with Crippen LogP contribution in [0.15, 0.2) is 35.2 Å². The van der Waals surface area contributed by atoms with Gasteiger partial charge in [-0.3, -0.25) is 9.59 Å². The van der Waals surface area contributed by atoms with Gasteiger partial charge in [0.1, 0.15) is 0 Å². The minimum absolute atomic E-state index is 0.106. The van der Waals surface area contributed by atoms with Crippen LogP contribution in [0.25, 0.3) is 0 Å². The fourth-order valence-corrected chi connectivity index (χ4v) is 2.76. The highest BCUT2D eigenvalue weighted by atomic mass is 16.3. The molecule has 0 atom stereocenters. The van der Waals surface area contributed by atoms with Crippen LogP contribution in [0.5, 0.6) is 0 Å². The first-order valence-corrected chi connectivity index (χ1v) is 8.87. The molecule has 3 rings (SSSR count). The lowest BCUT2D eigenvalue weighted by molar-refractivity contribution is 0.0714. The van der Waals surface area contributed by atoms with E-state index in [1.807, 2.05) is 23.9 Å². The van der Waals surface area contributed by atoms with Crippen LogP contribution >= 0.6 is 0 Å². The van der Waals surface area contributed by atoms with Gasteiger partial charge in [0, 0.05) is 51.7 Å². The first-order valence-electron chi connectivity index (χ1n) is 8.87. The normalized spacial score (nSPS) is 14.5. The number of furan rings is 1. The fourth-order valence-electron chi connectivity index (χ4n) is 2.76. The Labute approximate surface area is 158 Å². The van der Waals surface area contributed by atoms with Crippen LogP contribution in [-0.4, -0.2) is 84.9 Å². The number of rotatable bonds is 6. The van der Waals surface area contributed by atoms with E-state index in [0.717, 1.165) is 6.54 Å². The van der Waals surface area contributed by atoms with E-state index >= 15 is 0 Å². The highest BCUT2D eigenvalue weighted by Crippen LogP contribution is 2.13. The predicted octanol–water partition coefficient (Wildman–Crippen LogP) is 0.323. The van der Waals surface area contributed by atoms with Crippen LogP contribution in [0.4, 0.5) is 5.95 Å². The number of hydrogen-bond donors (Lipinski definition) is 1. The maximum Gasteiger partial charge on any atom is 0.289 e. The van der Waals surface area contributed by atoms with Crippen molar-refractivity contribution in [2.24, 2.45) is 0 Å². The van der Waals surface area contributed by atoms with E-state index in [1.54, 1.807) is 17.0 Å². The number of anilines is 1. The Hall–Kier alpha value is -2.94. The Morgan fingerprint density at radius 3 is 2.48 bits per heavy atom. The number of nitrogens with one attached hydrogen (secondary N) is 1. The molecular weight excluding hydrogens is 348 g/mol. The van der Waals surface area contributed by atoms with E-state index in [2.05, 4.69) is 15.3 Å². The highest BCUT2D eigenvalue weighted by Gasteiger charge is 2.24. The standard InChI is InChI=1S/C18H24N6O3/c1-22(2)6-5-19-16(25)14-12-20-18(21-13-14)24-9-7-23(8-10-24)17(26)15-4-3-11-27-15/h3-4,11-13H,5-10H2,1-2H3,(H,19,25). The van der Waals surface area contributed by atoms with E-state index < -0.39 is 0 Å². The maximum absolute atomic E-state index is 12.3. The molecule has 144 valence electrons. The second-order valence-electron chi connectivity index (χ2n) is 6.59. The summed E-state index contributed by atoms with van der Waals surface area (Å²) in [6, 6.07) is 3.37. The lowest BCUT2D eigenvalue weighted by Crippen LogP contribution is -2.49. The van der Waals surface area contributed by atoms with Crippen molar-refractivity contribution >= 4 is 17.8 Å². The van der Waals surface area contributed by atoms with Gasteiger partial charge in [-0.15, -0.1) is 0 Å². The smallest absolute Gasteiger partial charge is 0.289 e. The van der Waals surface area contributed by atoms with Gasteiger partial charge in [0.25, 0.3) is 11.8 Å². The Kier molecular flexibility index (Phi) is 6.02. The molecule has 2 aromatic rings. The van der Waals surface area contributed by atoms with Crippen LogP contribution < -0.4 is 10.2 Å². The second-order valence-corrected chi connectivity index (χ2v) is 6.59. The minimum atomic E-state index is -0.183. The molecule has 1 N–H and O–H groups in total. The van der Waals surface area contributed by atoms with Crippen molar-refractivity contribution in [1.82, 2.24) is 25.1 Å². The molecule has 2 aromatic heterocycles. The maximum atomic E-state index is 12.3. The number of likely N-dealkylation sites (N-methyl/N-ethyl adjacent to an activating group) is 1. The summed E-state index contributed by atoms with van der Waals surface area (Å²) in [5.41, 5.74) is 0.434. The molecular formula is C18H24N6O3. The number of hydrogen-bond acceptors (Lipinski definition) is 7. The van der Waals surface area contributed by atoms with Crippen LogP contribution in [0.1, 0.15) is 20.9 Å². The second kappa shape index (κ2) is 8.63. The summed E-state index contributed by atoms with van der Waals surface area (Å²) >= 11 is 0. The van der Waals surface area contributed by atoms with Gasteiger partial charge < -0.3 is 24.4 Å². The van der Waals surface area contributed by atoms with Gasteiger partial charge in [-0.05, 0) is 26.2 Å². The third-order valence-electron chi connectivity index (χ3n) is 4.33. The zero-order chi connectivity index (χ0) is 19.2. The van der Waals surface area contributed by atoms with Gasteiger partial charge in [-0.2, -0.15) is 0 Å². The Morgan fingerprint density at radius 1 is 1.19 bits per heavy atom. The zero-order valence-corrected chi connectivity index (χ0v) is 15.6. The van der Waals surface area contributed by atoms with Crippen LogP contribution in [0.2, 0.25) is 0 Å². The summed E-state index contributed by atoms with van der Waals surface area (Å²) in [6.07, 6.45) is 4.57.